The second-order valence-corrected chi connectivity index (χ2v) is 6.30. The lowest BCUT2D eigenvalue weighted by molar-refractivity contribution is -0.118. The van der Waals surface area contributed by atoms with E-state index in [2.05, 4.69) is 51.1 Å². The topological polar surface area (TPSA) is 92.9 Å². The van der Waals surface area contributed by atoms with Gasteiger partial charge in [0.05, 0.1) is 5.75 Å². The molecule has 3 aromatic rings. The molecule has 8 heteroatoms. The van der Waals surface area contributed by atoms with Crippen molar-refractivity contribution in [2.45, 2.75) is 12.7 Å². The fraction of sp³-hybridized carbons (Fsp3) is 0.176. The maximum atomic E-state index is 11.9. The molecule has 2 aromatic heterocycles. The average Bonchev–Trinajstić information content (AvgIpc) is 3.10. The van der Waals surface area contributed by atoms with Crippen molar-refractivity contribution in [3.63, 3.8) is 0 Å². The van der Waals surface area contributed by atoms with E-state index in [0.717, 1.165) is 11.3 Å². The Balaban J connectivity index is 1.43. The first kappa shape index (κ1) is 17.0. The van der Waals surface area contributed by atoms with Gasteiger partial charge in [-0.05, 0) is 24.6 Å². The van der Waals surface area contributed by atoms with Gasteiger partial charge in [0, 0.05) is 23.7 Å². The van der Waals surface area contributed by atoms with E-state index in [1.807, 2.05) is 6.07 Å². The molecular formula is C17H17N5O2S. The summed E-state index contributed by atoms with van der Waals surface area (Å²) in [6.07, 6.45) is 3.29. The second-order valence-electron chi connectivity index (χ2n) is 5.31. The number of carbonyl (C=O) groups excluding carboxylic acids is 1. The number of anilines is 1. The number of aromatic nitrogens is 3. The predicted octanol–water partition coefficient (Wildman–Crippen LogP) is 2.82. The van der Waals surface area contributed by atoms with Gasteiger partial charge in [-0.3, -0.25) is 15.2 Å². The highest BCUT2D eigenvalue weighted by Crippen LogP contribution is 2.16. The van der Waals surface area contributed by atoms with Gasteiger partial charge in [0.2, 0.25) is 11.7 Å². The van der Waals surface area contributed by atoms with Crippen LogP contribution in [0.5, 0.6) is 0 Å². The maximum Gasteiger partial charge on any atom is 0.340 e. The number of thioether (sulfide) groups is 1. The lowest BCUT2D eigenvalue weighted by Crippen LogP contribution is -2.31. The third-order valence-corrected chi connectivity index (χ3v) is 4.26. The zero-order chi connectivity index (χ0) is 17.5. The molecule has 0 saturated carbocycles. The van der Waals surface area contributed by atoms with Gasteiger partial charge in [0.15, 0.2) is 0 Å². The van der Waals surface area contributed by atoms with Crippen LogP contribution in [-0.2, 0) is 10.5 Å². The van der Waals surface area contributed by atoms with Crippen molar-refractivity contribution >= 4 is 23.7 Å². The van der Waals surface area contributed by atoms with Gasteiger partial charge in [-0.15, -0.1) is 11.8 Å². The number of hydrogen-bond donors (Lipinski definition) is 2. The van der Waals surface area contributed by atoms with E-state index in [4.69, 9.17) is 4.52 Å². The minimum atomic E-state index is -0.165. The van der Waals surface area contributed by atoms with Crippen molar-refractivity contribution in [3.05, 3.63) is 59.9 Å². The van der Waals surface area contributed by atoms with E-state index >= 15 is 0 Å². The summed E-state index contributed by atoms with van der Waals surface area (Å²) in [4.78, 5) is 19.9. The van der Waals surface area contributed by atoms with Crippen LogP contribution in [0.3, 0.4) is 0 Å². The quantitative estimate of drug-likeness (QED) is 0.630. The van der Waals surface area contributed by atoms with Gasteiger partial charge in [-0.1, -0.05) is 35.0 Å². The minimum Gasteiger partial charge on any atom is -0.313 e. The molecule has 0 aliphatic carbocycles. The third kappa shape index (κ3) is 5.05. The summed E-state index contributed by atoms with van der Waals surface area (Å²) in [6, 6.07) is 11.9. The number of amides is 1. The largest absolute Gasteiger partial charge is 0.340 e. The summed E-state index contributed by atoms with van der Waals surface area (Å²) in [5, 5.41) is 3.84. The molecule has 2 heterocycles. The summed E-state index contributed by atoms with van der Waals surface area (Å²) in [5.41, 5.74) is 8.36. The summed E-state index contributed by atoms with van der Waals surface area (Å²) in [5.74, 6) is 1.36. The number of hydrazine groups is 1. The van der Waals surface area contributed by atoms with Crippen LogP contribution >= 0.6 is 11.8 Å². The Labute approximate surface area is 149 Å². The van der Waals surface area contributed by atoms with Crippen molar-refractivity contribution in [1.82, 2.24) is 20.6 Å². The molecule has 128 valence electrons. The molecule has 0 spiro atoms. The lowest BCUT2D eigenvalue weighted by atomic mass is 10.2. The molecule has 0 bridgehead atoms. The highest BCUT2D eigenvalue weighted by atomic mass is 32.2. The highest BCUT2D eigenvalue weighted by molar-refractivity contribution is 7.99. The number of nitrogens with one attached hydrogen (secondary N) is 2. The first-order valence-corrected chi connectivity index (χ1v) is 8.78. The van der Waals surface area contributed by atoms with Crippen LogP contribution in [0.25, 0.3) is 11.4 Å². The minimum absolute atomic E-state index is 0.129. The van der Waals surface area contributed by atoms with Crippen LogP contribution in [-0.4, -0.2) is 26.8 Å². The van der Waals surface area contributed by atoms with Crippen LogP contribution < -0.4 is 10.9 Å². The number of nitrogens with zero attached hydrogens (tertiary/aromatic N) is 3. The van der Waals surface area contributed by atoms with Crippen LogP contribution in [0.2, 0.25) is 0 Å². The molecule has 3 rings (SSSR count). The molecule has 25 heavy (non-hydrogen) atoms. The number of pyridine rings is 1. The smallest absolute Gasteiger partial charge is 0.313 e. The van der Waals surface area contributed by atoms with E-state index < -0.39 is 0 Å². The Morgan fingerprint density at radius 3 is 2.88 bits per heavy atom. The highest BCUT2D eigenvalue weighted by Gasteiger charge is 2.09. The van der Waals surface area contributed by atoms with Crippen molar-refractivity contribution in [1.29, 1.82) is 0 Å². The zero-order valence-electron chi connectivity index (χ0n) is 13.6. The molecule has 0 aliphatic heterocycles. The van der Waals surface area contributed by atoms with E-state index in [9.17, 15) is 4.79 Å². The lowest BCUT2D eigenvalue weighted by Gasteiger charge is -2.05. The normalized spacial score (nSPS) is 10.4. The predicted molar refractivity (Wildman–Crippen MR) is 96.6 cm³/mol. The Hall–Kier alpha value is -2.87. The first-order chi connectivity index (χ1) is 12.2. The molecule has 7 nitrogen and oxygen atoms in total. The summed E-state index contributed by atoms with van der Waals surface area (Å²) in [6.45, 7) is 2.05. The summed E-state index contributed by atoms with van der Waals surface area (Å²) in [7, 11) is 0. The molecule has 1 amide bonds. The second kappa shape index (κ2) is 8.29. The Morgan fingerprint density at radius 2 is 2.08 bits per heavy atom. The number of hydrogen-bond acceptors (Lipinski definition) is 7. The molecule has 0 aliphatic rings. The molecule has 2 N–H and O–H groups in total. The van der Waals surface area contributed by atoms with Crippen LogP contribution in [0, 0.1) is 6.92 Å². The van der Waals surface area contributed by atoms with Gasteiger partial charge < -0.3 is 4.52 Å². The van der Waals surface area contributed by atoms with Crippen LogP contribution in [0.15, 0.2) is 53.3 Å². The Bertz CT molecular complexity index is 838. The fourth-order valence-corrected chi connectivity index (χ4v) is 2.89. The Morgan fingerprint density at radius 1 is 1.24 bits per heavy atom. The van der Waals surface area contributed by atoms with Gasteiger partial charge in [0.25, 0.3) is 0 Å². The van der Waals surface area contributed by atoms with Crippen LogP contribution in [0.1, 0.15) is 11.1 Å². The van der Waals surface area contributed by atoms with Crippen molar-refractivity contribution in [2.75, 3.05) is 11.2 Å². The summed E-state index contributed by atoms with van der Waals surface area (Å²) < 4.78 is 5.04. The molecule has 1 aromatic carbocycles. The number of benzene rings is 1. The fourth-order valence-electron chi connectivity index (χ4n) is 2.12. The van der Waals surface area contributed by atoms with Gasteiger partial charge in [0.1, 0.15) is 0 Å². The number of rotatable bonds is 7. The number of aryl methyl sites for hydroxylation is 1. The standard InChI is InChI=1S/C17H17N5O2S/c1-12-3-2-4-13(9-12)10-25-11-15(23)20-21-17-19-16(22-24-17)14-5-7-18-8-6-14/h2-9H,10-11H2,1H3,(H,20,23)(H,19,21,22). The van der Waals surface area contributed by atoms with E-state index in [-0.39, 0.29) is 11.9 Å². The molecule has 0 radical (unpaired) electrons. The van der Waals surface area contributed by atoms with Gasteiger partial charge in [-0.2, -0.15) is 4.98 Å². The molecule has 0 atom stereocenters. The molecule has 0 unspecified atom stereocenters. The molecule has 0 saturated heterocycles. The van der Waals surface area contributed by atoms with E-state index in [1.165, 1.54) is 22.9 Å². The SMILES string of the molecule is Cc1cccc(CSCC(=O)NNc2nc(-c3ccncc3)no2)c1. The summed E-state index contributed by atoms with van der Waals surface area (Å²) >= 11 is 1.53. The number of carbonyl (C=O) groups is 1. The average molecular weight is 355 g/mol. The zero-order valence-corrected chi connectivity index (χ0v) is 14.4. The third-order valence-electron chi connectivity index (χ3n) is 3.26. The van der Waals surface area contributed by atoms with Gasteiger partial charge in [-0.25, -0.2) is 5.43 Å². The molecular weight excluding hydrogens is 338 g/mol. The van der Waals surface area contributed by atoms with E-state index in [1.54, 1.807) is 24.5 Å². The van der Waals surface area contributed by atoms with Crippen molar-refractivity contribution in [3.8, 4) is 11.4 Å². The van der Waals surface area contributed by atoms with Crippen molar-refractivity contribution in [2.24, 2.45) is 0 Å². The molecule has 0 fully saturated rings. The van der Waals surface area contributed by atoms with E-state index in [0.29, 0.717) is 11.6 Å². The van der Waals surface area contributed by atoms with Crippen LogP contribution in [0.4, 0.5) is 6.01 Å². The first-order valence-electron chi connectivity index (χ1n) is 7.63. The Kier molecular flexibility index (Phi) is 5.63. The van der Waals surface area contributed by atoms with Crippen molar-refractivity contribution < 1.29 is 9.32 Å². The maximum absolute atomic E-state index is 11.9. The van der Waals surface area contributed by atoms with Gasteiger partial charge >= 0.3 is 6.01 Å². The monoisotopic (exact) mass is 355 g/mol.